The first-order valence-electron chi connectivity index (χ1n) is 4.48. The lowest BCUT2D eigenvalue weighted by Crippen LogP contribution is -2.21. The molecule has 0 radical (unpaired) electrons. The zero-order valence-electron chi connectivity index (χ0n) is 8.77. The summed E-state index contributed by atoms with van der Waals surface area (Å²) in [7, 11) is 0. The first-order chi connectivity index (χ1) is 8.67. The summed E-state index contributed by atoms with van der Waals surface area (Å²) < 4.78 is 65.4. The highest BCUT2D eigenvalue weighted by molar-refractivity contribution is 9.08. The number of alkyl halides is 6. The van der Waals surface area contributed by atoms with Gasteiger partial charge in [-0.2, -0.15) is 0 Å². The summed E-state index contributed by atoms with van der Waals surface area (Å²) in [6, 6.07) is 0. The molecule has 0 saturated heterocycles. The predicted molar refractivity (Wildman–Crippen MR) is 58.7 cm³/mol. The van der Waals surface area contributed by atoms with Crippen LogP contribution in [0.25, 0.3) is 0 Å². The lowest BCUT2D eigenvalue weighted by molar-refractivity contribution is -0.275. The van der Waals surface area contributed by atoms with Crippen LogP contribution in [-0.2, 0) is 5.33 Å². The molecule has 0 aromatic carbocycles. The third kappa shape index (κ3) is 4.00. The van der Waals surface area contributed by atoms with Gasteiger partial charge in [0.1, 0.15) is 0 Å². The van der Waals surface area contributed by atoms with Crippen molar-refractivity contribution < 1.29 is 31.5 Å². The average Bonchev–Trinajstić information content (AvgIpc) is 2.25. The van der Waals surface area contributed by atoms with Crippen molar-refractivity contribution >= 4 is 32.8 Å². The van der Waals surface area contributed by atoms with Gasteiger partial charge >= 0.3 is 6.36 Å². The number of rotatable bonds is 4. The second-order valence-electron chi connectivity index (χ2n) is 3.12. The maximum absolute atomic E-state index is 12.6. The fourth-order valence-electron chi connectivity index (χ4n) is 1.23. The van der Waals surface area contributed by atoms with Gasteiger partial charge in [0.05, 0.1) is 16.8 Å². The van der Waals surface area contributed by atoms with Crippen LogP contribution in [0.5, 0.6) is 5.75 Å². The van der Waals surface area contributed by atoms with E-state index in [0.29, 0.717) is 6.20 Å². The van der Waals surface area contributed by atoms with E-state index in [0.717, 1.165) is 0 Å². The van der Waals surface area contributed by atoms with Crippen molar-refractivity contribution in [3.8, 4) is 5.75 Å². The minimum atomic E-state index is -5.24. The van der Waals surface area contributed by atoms with Gasteiger partial charge in [-0.3, -0.25) is 9.78 Å². The molecule has 10 heteroatoms. The summed E-state index contributed by atoms with van der Waals surface area (Å²) >= 11 is 7.96. The van der Waals surface area contributed by atoms with E-state index in [9.17, 15) is 26.7 Å². The third-order valence-electron chi connectivity index (χ3n) is 1.91. The third-order valence-corrected chi connectivity index (χ3v) is 2.63. The van der Waals surface area contributed by atoms with Gasteiger partial charge in [0.15, 0.2) is 5.75 Å². The van der Waals surface area contributed by atoms with Crippen LogP contribution in [0.15, 0.2) is 6.20 Å². The van der Waals surface area contributed by atoms with E-state index >= 15 is 0 Å². The van der Waals surface area contributed by atoms with Crippen molar-refractivity contribution in [1.82, 2.24) is 4.98 Å². The quantitative estimate of drug-likeness (QED) is 0.454. The van der Waals surface area contributed by atoms with Crippen molar-refractivity contribution in [2.24, 2.45) is 0 Å². The molecule has 0 bridgehead atoms. The number of nitrogens with zero attached hydrogens (tertiary/aromatic N) is 1. The zero-order valence-corrected chi connectivity index (χ0v) is 11.1. The fraction of sp³-hybridized carbons (Fsp3) is 0.333. The summed E-state index contributed by atoms with van der Waals surface area (Å²) in [4.78, 5) is 14.6. The standard InChI is InChI=1S/C9H4BrClF5NO2/c10-1-4-5(7(11)18)6(19-9(14,15)16)3(2-17-4)8(12)13/h2,8H,1H2. The van der Waals surface area contributed by atoms with Crippen LogP contribution in [-0.4, -0.2) is 16.6 Å². The number of carbonyl (C=O) groups excluding carboxylic acids is 1. The molecule has 1 heterocycles. The molecule has 0 spiro atoms. The Bertz CT molecular complexity index is 494. The number of hydrogen-bond donors (Lipinski definition) is 0. The molecule has 0 atom stereocenters. The van der Waals surface area contributed by atoms with Gasteiger partial charge < -0.3 is 4.74 Å². The second kappa shape index (κ2) is 6.00. The van der Waals surface area contributed by atoms with Crippen LogP contribution >= 0.6 is 27.5 Å². The Morgan fingerprint density at radius 3 is 2.42 bits per heavy atom. The fourth-order valence-corrected chi connectivity index (χ4v) is 1.85. The largest absolute Gasteiger partial charge is 0.573 e. The van der Waals surface area contributed by atoms with Gasteiger partial charge in [0, 0.05) is 11.5 Å². The lowest BCUT2D eigenvalue weighted by atomic mass is 10.1. The van der Waals surface area contributed by atoms with Gasteiger partial charge in [-0.25, -0.2) is 8.78 Å². The molecular formula is C9H4BrClF5NO2. The first-order valence-corrected chi connectivity index (χ1v) is 5.98. The minimum absolute atomic E-state index is 0.154. The maximum atomic E-state index is 12.6. The van der Waals surface area contributed by atoms with Gasteiger partial charge in [-0.15, -0.1) is 13.2 Å². The Kier molecular flexibility index (Phi) is 5.08. The van der Waals surface area contributed by atoms with Gasteiger partial charge in [-0.1, -0.05) is 15.9 Å². The SMILES string of the molecule is O=C(Cl)c1c(CBr)ncc(C(F)F)c1OC(F)(F)F. The van der Waals surface area contributed by atoms with Crippen molar-refractivity contribution in [2.75, 3.05) is 0 Å². The van der Waals surface area contributed by atoms with E-state index in [2.05, 4.69) is 25.7 Å². The number of halogens is 7. The Morgan fingerprint density at radius 1 is 1.47 bits per heavy atom. The van der Waals surface area contributed by atoms with Crippen LogP contribution in [0, 0.1) is 0 Å². The van der Waals surface area contributed by atoms with E-state index in [1.165, 1.54) is 0 Å². The number of hydrogen-bond acceptors (Lipinski definition) is 3. The summed E-state index contributed by atoms with van der Waals surface area (Å²) in [5.74, 6) is -1.33. The maximum Gasteiger partial charge on any atom is 0.573 e. The lowest BCUT2D eigenvalue weighted by Gasteiger charge is -2.16. The first kappa shape index (κ1) is 16.1. The monoisotopic (exact) mass is 367 g/mol. The molecular weight excluding hydrogens is 364 g/mol. The Labute approximate surface area is 116 Å². The van der Waals surface area contributed by atoms with E-state index in [4.69, 9.17) is 11.6 Å². The van der Waals surface area contributed by atoms with E-state index in [-0.39, 0.29) is 11.0 Å². The summed E-state index contributed by atoms with van der Waals surface area (Å²) in [5.41, 5.74) is -2.23. The van der Waals surface area contributed by atoms with E-state index < -0.39 is 34.9 Å². The second-order valence-corrected chi connectivity index (χ2v) is 4.02. The topological polar surface area (TPSA) is 39.2 Å². The molecule has 0 fully saturated rings. The predicted octanol–water partition coefficient (Wildman–Crippen LogP) is 4.19. The molecule has 0 aliphatic carbocycles. The van der Waals surface area contributed by atoms with Crippen molar-refractivity contribution in [3.05, 3.63) is 23.0 Å². The molecule has 0 aliphatic rings. The molecule has 0 aliphatic heterocycles. The smallest absolute Gasteiger partial charge is 0.404 e. The number of ether oxygens (including phenoxy) is 1. The number of pyridine rings is 1. The van der Waals surface area contributed by atoms with Crippen molar-refractivity contribution in [3.63, 3.8) is 0 Å². The summed E-state index contributed by atoms with van der Waals surface area (Å²) in [5, 5.41) is -1.53. The molecule has 106 valence electrons. The highest BCUT2D eigenvalue weighted by Gasteiger charge is 2.36. The molecule has 19 heavy (non-hydrogen) atoms. The van der Waals surface area contributed by atoms with Crippen molar-refractivity contribution in [1.29, 1.82) is 0 Å². The minimum Gasteiger partial charge on any atom is -0.404 e. The Balaban J connectivity index is 3.53. The summed E-state index contributed by atoms with van der Waals surface area (Å²) in [6.07, 6.45) is -8.04. The van der Waals surface area contributed by atoms with Crippen LogP contribution in [0.1, 0.15) is 28.0 Å². The van der Waals surface area contributed by atoms with Crippen LogP contribution in [0.3, 0.4) is 0 Å². The van der Waals surface area contributed by atoms with Gasteiger partial charge in [0.2, 0.25) is 0 Å². The van der Waals surface area contributed by atoms with Gasteiger partial charge in [-0.05, 0) is 11.6 Å². The number of carbonyl (C=O) groups is 1. The molecule has 0 unspecified atom stereocenters. The highest BCUT2D eigenvalue weighted by atomic mass is 79.9. The zero-order chi connectivity index (χ0) is 14.8. The molecule has 1 aromatic rings. The molecule has 1 aromatic heterocycles. The van der Waals surface area contributed by atoms with Crippen molar-refractivity contribution in [2.45, 2.75) is 18.1 Å². The van der Waals surface area contributed by atoms with Gasteiger partial charge in [0.25, 0.3) is 11.7 Å². The Hall–Kier alpha value is -0.960. The van der Waals surface area contributed by atoms with E-state index in [1.807, 2.05) is 0 Å². The summed E-state index contributed by atoms with van der Waals surface area (Å²) in [6.45, 7) is 0. The molecule has 0 amide bonds. The van der Waals surface area contributed by atoms with Crippen LogP contribution in [0.4, 0.5) is 22.0 Å². The molecule has 0 N–H and O–H groups in total. The average molecular weight is 368 g/mol. The molecule has 1 rings (SSSR count). The number of aromatic nitrogens is 1. The van der Waals surface area contributed by atoms with Crippen LogP contribution in [0.2, 0.25) is 0 Å². The van der Waals surface area contributed by atoms with Crippen LogP contribution < -0.4 is 4.74 Å². The Morgan fingerprint density at radius 2 is 2.05 bits per heavy atom. The van der Waals surface area contributed by atoms with E-state index in [1.54, 1.807) is 0 Å². The highest BCUT2D eigenvalue weighted by Crippen LogP contribution is 2.37. The molecule has 0 saturated carbocycles. The molecule has 3 nitrogen and oxygen atoms in total. The normalized spacial score (nSPS) is 11.8.